The normalized spacial score (nSPS) is 20.1. The van der Waals surface area contributed by atoms with E-state index in [1.807, 2.05) is 44.2 Å². The Kier molecular flexibility index (Phi) is 8.45. The van der Waals surface area contributed by atoms with Crippen LogP contribution in [0.5, 0.6) is 0 Å². The SMILES string of the molecule is CC(=O)N1CCC(NC(=O)[C@H](CC(C)C)NC(=O)OCc2ccccc2)C(O)C1. The van der Waals surface area contributed by atoms with Gasteiger partial charge in [-0.2, -0.15) is 0 Å². The molecule has 3 N–H and O–H groups in total. The molecule has 1 aliphatic rings. The van der Waals surface area contributed by atoms with Crippen molar-refractivity contribution in [2.75, 3.05) is 13.1 Å². The van der Waals surface area contributed by atoms with E-state index < -0.39 is 24.3 Å². The predicted molar refractivity (Wildman–Crippen MR) is 108 cm³/mol. The first-order valence-corrected chi connectivity index (χ1v) is 9.97. The van der Waals surface area contributed by atoms with Crippen molar-refractivity contribution in [3.05, 3.63) is 35.9 Å². The number of hydrogen-bond donors (Lipinski definition) is 3. The van der Waals surface area contributed by atoms with Gasteiger partial charge in [0.25, 0.3) is 0 Å². The van der Waals surface area contributed by atoms with E-state index in [2.05, 4.69) is 10.6 Å². The molecule has 0 saturated carbocycles. The number of aliphatic hydroxyl groups is 1. The van der Waals surface area contributed by atoms with Gasteiger partial charge in [-0.1, -0.05) is 44.2 Å². The van der Waals surface area contributed by atoms with Gasteiger partial charge in [0.05, 0.1) is 12.1 Å². The van der Waals surface area contributed by atoms with Crippen LogP contribution in [0.3, 0.4) is 0 Å². The van der Waals surface area contributed by atoms with Gasteiger partial charge in [-0.15, -0.1) is 0 Å². The molecule has 0 aliphatic carbocycles. The van der Waals surface area contributed by atoms with E-state index in [9.17, 15) is 19.5 Å². The second kappa shape index (κ2) is 10.8. The zero-order chi connectivity index (χ0) is 21.4. The molecule has 0 radical (unpaired) electrons. The second-order valence-electron chi connectivity index (χ2n) is 7.82. The van der Waals surface area contributed by atoms with Crippen LogP contribution in [0.25, 0.3) is 0 Å². The molecule has 1 saturated heterocycles. The fourth-order valence-corrected chi connectivity index (χ4v) is 3.28. The van der Waals surface area contributed by atoms with Crippen LogP contribution in [0, 0.1) is 5.92 Å². The highest BCUT2D eigenvalue weighted by Gasteiger charge is 2.32. The molecule has 8 heteroatoms. The van der Waals surface area contributed by atoms with E-state index >= 15 is 0 Å². The van der Waals surface area contributed by atoms with E-state index in [1.165, 1.54) is 6.92 Å². The highest BCUT2D eigenvalue weighted by Crippen LogP contribution is 2.13. The molecule has 29 heavy (non-hydrogen) atoms. The Labute approximate surface area is 171 Å². The summed E-state index contributed by atoms with van der Waals surface area (Å²) in [5.41, 5.74) is 0.855. The second-order valence-corrected chi connectivity index (χ2v) is 7.82. The van der Waals surface area contributed by atoms with E-state index in [4.69, 9.17) is 4.74 Å². The first-order valence-electron chi connectivity index (χ1n) is 9.97. The van der Waals surface area contributed by atoms with Crippen LogP contribution in [-0.4, -0.2) is 59.2 Å². The number of carbonyl (C=O) groups excluding carboxylic acids is 3. The van der Waals surface area contributed by atoms with Crippen molar-refractivity contribution in [1.82, 2.24) is 15.5 Å². The van der Waals surface area contributed by atoms with Crippen molar-refractivity contribution >= 4 is 17.9 Å². The van der Waals surface area contributed by atoms with Crippen LogP contribution in [0.15, 0.2) is 30.3 Å². The van der Waals surface area contributed by atoms with Gasteiger partial charge in [0.2, 0.25) is 11.8 Å². The molecule has 2 unspecified atom stereocenters. The highest BCUT2D eigenvalue weighted by atomic mass is 16.5. The molecule has 1 aromatic carbocycles. The first-order chi connectivity index (χ1) is 13.8. The molecular formula is C21H31N3O5. The van der Waals surface area contributed by atoms with Crippen molar-refractivity contribution in [1.29, 1.82) is 0 Å². The van der Waals surface area contributed by atoms with Crippen molar-refractivity contribution in [2.45, 2.75) is 58.4 Å². The summed E-state index contributed by atoms with van der Waals surface area (Å²) in [4.78, 5) is 37.9. The molecule has 0 spiro atoms. The lowest BCUT2D eigenvalue weighted by Gasteiger charge is -2.36. The Morgan fingerprint density at radius 3 is 2.52 bits per heavy atom. The molecule has 3 amide bonds. The standard InChI is InChI=1S/C21H31N3O5/c1-14(2)11-18(23-21(28)29-13-16-7-5-4-6-8-16)20(27)22-17-9-10-24(15(3)25)12-19(17)26/h4-8,14,17-19,26H,9-13H2,1-3H3,(H,22,27)(H,23,28)/t17?,18-,19?/m0/s1. The summed E-state index contributed by atoms with van der Waals surface area (Å²) in [5.74, 6) is -0.297. The van der Waals surface area contributed by atoms with Gasteiger partial charge in [-0.25, -0.2) is 4.79 Å². The fraction of sp³-hybridized carbons (Fsp3) is 0.571. The summed E-state index contributed by atoms with van der Waals surface area (Å²) >= 11 is 0. The van der Waals surface area contributed by atoms with Crippen molar-refractivity contribution < 1.29 is 24.2 Å². The monoisotopic (exact) mass is 405 g/mol. The third-order valence-corrected chi connectivity index (χ3v) is 4.88. The summed E-state index contributed by atoms with van der Waals surface area (Å²) in [6, 6.07) is 8.05. The van der Waals surface area contributed by atoms with E-state index in [1.54, 1.807) is 4.90 Å². The van der Waals surface area contributed by atoms with Crippen LogP contribution in [0.1, 0.15) is 39.2 Å². The van der Waals surface area contributed by atoms with Crippen molar-refractivity contribution in [3.8, 4) is 0 Å². The Morgan fingerprint density at radius 1 is 1.24 bits per heavy atom. The molecule has 1 fully saturated rings. The van der Waals surface area contributed by atoms with Crippen LogP contribution >= 0.6 is 0 Å². The smallest absolute Gasteiger partial charge is 0.408 e. The summed E-state index contributed by atoms with van der Waals surface area (Å²) in [5, 5.41) is 15.7. The Morgan fingerprint density at radius 2 is 1.93 bits per heavy atom. The minimum Gasteiger partial charge on any atom is -0.445 e. The number of hydrogen-bond acceptors (Lipinski definition) is 5. The number of ether oxygens (including phenoxy) is 1. The number of alkyl carbamates (subject to hydrolysis) is 1. The maximum Gasteiger partial charge on any atom is 0.408 e. The Balaban J connectivity index is 1.90. The number of benzene rings is 1. The number of nitrogens with zero attached hydrogens (tertiary/aromatic N) is 1. The fourth-order valence-electron chi connectivity index (χ4n) is 3.28. The lowest BCUT2D eigenvalue weighted by Crippen LogP contribution is -2.58. The average molecular weight is 405 g/mol. The third-order valence-electron chi connectivity index (χ3n) is 4.88. The molecule has 8 nitrogen and oxygen atoms in total. The topological polar surface area (TPSA) is 108 Å². The number of likely N-dealkylation sites (tertiary alicyclic amines) is 1. The zero-order valence-corrected chi connectivity index (χ0v) is 17.3. The van der Waals surface area contributed by atoms with E-state index in [0.717, 1.165) is 5.56 Å². The van der Waals surface area contributed by atoms with Crippen LogP contribution < -0.4 is 10.6 Å². The molecule has 0 aromatic heterocycles. The number of nitrogens with one attached hydrogen (secondary N) is 2. The molecular weight excluding hydrogens is 374 g/mol. The van der Waals surface area contributed by atoms with E-state index in [0.29, 0.717) is 19.4 Å². The Bertz CT molecular complexity index is 695. The summed E-state index contributed by atoms with van der Waals surface area (Å²) < 4.78 is 5.22. The van der Waals surface area contributed by atoms with Gasteiger partial charge in [0.1, 0.15) is 12.6 Å². The molecule has 160 valence electrons. The molecule has 2 rings (SSSR count). The molecule has 0 bridgehead atoms. The largest absolute Gasteiger partial charge is 0.445 e. The third kappa shape index (κ3) is 7.38. The lowest BCUT2D eigenvalue weighted by molar-refractivity contribution is -0.133. The van der Waals surface area contributed by atoms with Gasteiger partial charge in [-0.3, -0.25) is 9.59 Å². The number of piperidine rings is 1. The van der Waals surface area contributed by atoms with Crippen LogP contribution in [0.4, 0.5) is 4.79 Å². The van der Waals surface area contributed by atoms with Gasteiger partial charge in [-0.05, 0) is 24.3 Å². The lowest BCUT2D eigenvalue weighted by atomic mass is 9.99. The van der Waals surface area contributed by atoms with Gasteiger partial charge in [0, 0.05) is 20.0 Å². The number of amides is 3. The quantitative estimate of drug-likeness (QED) is 0.636. The maximum atomic E-state index is 12.7. The van der Waals surface area contributed by atoms with Crippen LogP contribution in [0.2, 0.25) is 0 Å². The average Bonchev–Trinajstić information content (AvgIpc) is 2.67. The van der Waals surface area contributed by atoms with E-state index in [-0.39, 0.29) is 30.9 Å². The summed E-state index contributed by atoms with van der Waals surface area (Å²) in [6.07, 6.45) is -0.614. The molecule has 1 aromatic rings. The summed E-state index contributed by atoms with van der Waals surface area (Å²) in [6.45, 7) is 6.13. The zero-order valence-electron chi connectivity index (χ0n) is 17.3. The maximum absolute atomic E-state index is 12.7. The molecule has 1 aliphatic heterocycles. The van der Waals surface area contributed by atoms with Gasteiger partial charge >= 0.3 is 6.09 Å². The highest BCUT2D eigenvalue weighted by molar-refractivity contribution is 5.86. The van der Waals surface area contributed by atoms with Gasteiger partial charge in [0.15, 0.2) is 0 Å². The van der Waals surface area contributed by atoms with Crippen molar-refractivity contribution in [2.24, 2.45) is 5.92 Å². The summed E-state index contributed by atoms with van der Waals surface area (Å²) in [7, 11) is 0. The number of aliphatic hydroxyl groups excluding tert-OH is 1. The first kappa shape index (κ1) is 22.7. The molecule has 1 heterocycles. The van der Waals surface area contributed by atoms with Gasteiger partial charge < -0.3 is 25.4 Å². The molecule has 3 atom stereocenters. The Hall–Kier alpha value is -2.61. The van der Waals surface area contributed by atoms with Crippen LogP contribution in [-0.2, 0) is 20.9 Å². The number of rotatable bonds is 7. The minimum atomic E-state index is -0.846. The number of carbonyl (C=O) groups is 3. The van der Waals surface area contributed by atoms with Crippen molar-refractivity contribution in [3.63, 3.8) is 0 Å². The predicted octanol–water partition coefficient (Wildman–Crippen LogP) is 1.43. The minimum absolute atomic E-state index is 0.102. The number of β-amino-alcohol motifs (C(OH)–C–C–N with tert-alkyl or cyclic N) is 1.